The number of likely N-dealkylation sites (tertiary alicyclic amines) is 1. The predicted octanol–water partition coefficient (Wildman–Crippen LogP) is 4.18. The number of amides is 1. The van der Waals surface area contributed by atoms with Gasteiger partial charge in [-0.25, -0.2) is 4.98 Å². The first kappa shape index (κ1) is 24.7. The molecule has 0 bridgehead atoms. The summed E-state index contributed by atoms with van der Waals surface area (Å²) < 4.78 is 5.47. The van der Waals surface area contributed by atoms with Crippen molar-refractivity contribution in [3.63, 3.8) is 0 Å². The second-order valence-electron chi connectivity index (χ2n) is 6.88. The van der Waals surface area contributed by atoms with Crippen LogP contribution in [-0.4, -0.2) is 41.5 Å². The number of carbonyl (C=O) groups excluding carboxylic acids is 1. The van der Waals surface area contributed by atoms with E-state index in [9.17, 15) is 4.79 Å². The number of halogens is 2. The lowest BCUT2D eigenvalue weighted by Gasteiger charge is -2.38. The van der Waals surface area contributed by atoms with Crippen LogP contribution in [0.5, 0.6) is 5.75 Å². The van der Waals surface area contributed by atoms with Gasteiger partial charge in [0.25, 0.3) is 0 Å². The largest absolute Gasteiger partial charge is 0.494 e. The molecule has 1 aliphatic heterocycles. The number of thiazole rings is 1. The van der Waals surface area contributed by atoms with Crippen molar-refractivity contribution in [1.82, 2.24) is 9.88 Å². The second-order valence-corrected chi connectivity index (χ2v) is 7.74. The molecule has 0 radical (unpaired) electrons. The summed E-state index contributed by atoms with van der Waals surface area (Å²) in [7, 11) is 0. The molecule has 8 heteroatoms. The molecule has 2 unspecified atom stereocenters. The Morgan fingerprint density at radius 2 is 2.04 bits per heavy atom. The lowest BCUT2D eigenvalue weighted by Crippen LogP contribution is -2.49. The lowest BCUT2D eigenvalue weighted by atomic mass is 9.92. The van der Waals surface area contributed by atoms with Crippen LogP contribution in [0.25, 0.3) is 10.6 Å². The Morgan fingerprint density at radius 3 is 2.68 bits per heavy atom. The van der Waals surface area contributed by atoms with Crippen molar-refractivity contribution in [3.05, 3.63) is 35.3 Å². The van der Waals surface area contributed by atoms with Gasteiger partial charge in [0, 0.05) is 30.1 Å². The number of nitrogens with zero attached hydrogens (tertiary/aromatic N) is 2. The second kappa shape index (κ2) is 11.6. The Hall–Kier alpha value is -1.34. The molecule has 1 fully saturated rings. The number of nitrogens with two attached hydrogens (primary N) is 1. The standard InChI is InChI=1S/C20H27N3O2S.2ClH/c1-3-25-18-6-4-15(5-7-18)20-22-16(13-26-20)11-19(24)23-9-8-14(2)10-17(23)12-21;;/h4-7,13-14,17H,3,8-12,21H2,1-2H3;2*1H. The number of aromatic nitrogens is 1. The first-order valence-electron chi connectivity index (χ1n) is 9.27. The van der Waals surface area contributed by atoms with E-state index in [1.165, 1.54) is 0 Å². The number of ether oxygens (including phenoxy) is 1. The number of rotatable bonds is 6. The molecule has 2 atom stereocenters. The van der Waals surface area contributed by atoms with E-state index < -0.39 is 0 Å². The number of benzene rings is 1. The maximum atomic E-state index is 12.7. The van der Waals surface area contributed by atoms with Crippen LogP contribution in [0.2, 0.25) is 0 Å². The molecule has 0 spiro atoms. The topological polar surface area (TPSA) is 68.5 Å². The third-order valence-electron chi connectivity index (χ3n) is 4.87. The van der Waals surface area contributed by atoms with Crippen molar-refractivity contribution < 1.29 is 9.53 Å². The van der Waals surface area contributed by atoms with Gasteiger partial charge in [0.15, 0.2) is 0 Å². The van der Waals surface area contributed by atoms with Crippen molar-refractivity contribution in [1.29, 1.82) is 0 Å². The van der Waals surface area contributed by atoms with Crippen molar-refractivity contribution in [2.45, 2.75) is 39.2 Å². The van der Waals surface area contributed by atoms with E-state index in [2.05, 4.69) is 11.9 Å². The Bertz CT molecular complexity index is 739. The average Bonchev–Trinajstić information content (AvgIpc) is 3.10. The summed E-state index contributed by atoms with van der Waals surface area (Å²) in [6.07, 6.45) is 2.39. The minimum atomic E-state index is 0. The van der Waals surface area contributed by atoms with E-state index in [-0.39, 0.29) is 36.8 Å². The van der Waals surface area contributed by atoms with E-state index in [1.54, 1.807) is 11.3 Å². The van der Waals surface area contributed by atoms with Crippen molar-refractivity contribution >= 4 is 42.1 Å². The summed E-state index contributed by atoms with van der Waals surface area (Å²) in [5.41, 5.74) is 7.76. The molecule has 0 aliphatic carbocycles. The van der Waals surface area contributed by atoms with Gasteiger partial charge in [-0.15, -0.1) is 36.2 Å². The number of carbonyl (C=O) groups is 1. The highest BCUT2D eigenvalue weighted by Crippen LogP contribution is 2.27. The molecular weight excluding hydrogens is 417 g/mol. The maximum Gasteiger partial charge on any atom is 0.228 e. The normalized spacial score (nSPS) is 18.8. The van der Waals surface area contributed by atoms with E-state index in [0.29, 0.717) is 25.5 Å². The number of hydrogen-bond acceptors (Lipinski definition) is 5. The predicted molar refractivity (Wildman–Crippen MR) is 120 cm³/mol. The van der Waals surface area contributed by atoms with Crippen LogP contribution < -0.4 is 10.5 Å². The Kier molecular flexibility index (Phi) is 10.2. The summed E-state index contributed by atoms with van der Waals surface area (Å²) in [4.78, 5) is 19.3. The third kappa shape index (κ3) is 6.08. The minimum absolute atomic E-state index is 0. The van der Waals surface area contributed by atoms with Gasteiger partial charge in [0.1, 0.15) is 10.8 Å². The van der Waals surface area contributed by atoms with Gasteiger partial charge in [-0.05, 0) is 49.9 Å². The Labute approximate surface area is 183 Å². The fourth-order valence-corrected chi connectivity index (χ4v) is 4.27. The van der Waals surface area contributed by atoms with E-state index in [4.69, 9.17) is 10.5 Å². The fourth-order valence-electron chi connectivity index (χ4n) is 3.44. The van der Waals surface area contributed by atoms with Gasteiger partial charge >= 0.3 is 0 Å². The summed E-state index contributed by atoms with van der Waals surface area (Å²) in [6, 6.07) is 8.07. The van der Waals surface area contributed by atoms with Crippen LogP contribution in [0, 0.1) is 5.92 Å². The van der Waals surface area contributed by atoms with E-state index in [1.807, 2.05) is 41.5 Å². The lowest BCUT2D eigenvalue weighted by molar-refractivity contribution is -0.134. The van der Waals surface area contributed by atoms with Gasteiger partial charge in [-0.3, -0.25) is 4.79 Å². The smallest absolute Gasteiger partial charge is 0.228 e. The highest BCUT2D eigenvalue weighted by atomic mass is 35.5. The monoisotopic (exact) mass is 445 g/mol. The molecule has 1 saturated heterocycles. The van der Waals surface area contributed by atoms with E-state index in [0.717, 1.165) is 41.4 Å². The average molecular weight is 446 g/mol. The number of piperidine rings is 1. The molecule has 3 rings (SSSR count). The Balaban J connectivity index is 0.00000196. The summed E-state index contributed by atoms with van der Waals surface area (Å²) in [5, 5.41) is 2.91. The molecule has 28 heavy (non-hydrogen) atoms. The molecule has 2 N–H and O–H groups in total. The molecule has 2 heterocycles. The molecule has 1 amide bonds. The van der Waals surface area contributed by atoms with Crippen molar-refractivity contribution in [2.75, 3.05) is 19.7 Å². The molecule has 1 aromatic heterocycles. The Morgan fingerprint density at radius 1 is 1.32 bits per heavy atom. The molecule has 1 aliphatic rings. The van der Waals surface area contributed by atoms with Crippen LogP contribution in [0.4, 0.5) is 0 Å². The zero-order valence-electron chi connectivity index (χ0n) is 16.3. The van der Waals surface area contributed by atoms with Crippen LogP contribution in [0.15, 0.2) is 29.6 Å². The number of hydrogen-bond donors (Lipinski definition) is 1. The molecule has 156 valence electrons. The first-order chi connectivity index (χ1) is 12.6. The zero-order valence-corrected chi connectivity index (χ0v) is 18.7. The van der Waals surface area contributed by atoms with Crippen LogP contribution in [-0.2, 0) is 11.2 Å². The quantitative estimate of drug-likeness (QED) is 0.723. The van der Waals surface area contributed by atoms with Gasteiger partial charge in [0.05, 0.1) is 18.7 Å². The SMILES string of the molecule is CCOc1ccc(-c2nc(CC(=O)N3CCC(C)CC3CN)cs2)cc1.Cl.Cl. The van der Waals surface area contributed by atoms with Gasteiger partial charge in [-0.1, -0.05) is 6.92 Å². The highest BCUT2D eigenvalue weighted by Gasteiger charge is 2.29. The van der Waals surface area contributed by atoms with Gasteiger partial charge in [0.2, 0.25) is 5.91 Å². The first-order valence-corrected chi connectivity index (χ1v) is 10.2. The molecular formula is C20H29Cl2N3O2S. The van der Waals surface area contributed by atoms with Crippen LogP contribution in [0.1, 0.15) is 32.4 Å². The zero-order chi connectivity index (χ0) is 18.5. The van der Waals surface area contributed by atoms with Gasteiger partial charge < -0.3 is 15.4 Å². The molecule has 5 nitrogen and oxygen atoms in total. The van der Waals surface area contributed by atoms with E-state index >= 15 is 0 Å². The third-order valence-corrected chi connectivity index (χ3v) is 5.81. The highest BCUT2D eigenvalue weighted by molar-refractivity contribution is 7.13. The van der Waals surface area contributed by atoms with Crippen molar-refractivity contribution in [2.24, 2.45) is 11.7 Å². The van der Waals surface area contributed by atoms with Gasteiger partial charge in [-0.2, -0.15) is 0 Å². The summed E-state index contributed by atoms with van der Waals surface area (Å²) in [5.74, 6) is 1.63. The van der Waals surface area contributed by atoms with Crippen LogP contribution >= 0.6 is 36.2 Å². The van der Waals surface area contributed by atoms with Crippen LogP contribution in [0.3, 0.4) is 0 Å². The minimum Gasteiger partial charge on any atom is -0.494 e. The maximum absolute atomic E-state index is 12.7. The van der Waals surface area contributed by atoms with Crippen molar-refractivity contribution in [3.8, 4) is 16.3 Å². The molecule has 0 saturated carbocycles. The fraction of sp³-hybridized carbons (Fsp3) is 0.500. The molecule has 1 aromatic carbocycles. The summed E-state index contributed by atoms with van der Waals surface area (Å²) >= 11 is 1.57. The molecule has 2 aromatic rings. The summed E-state index contributed by atoms with van der Waals surface area (Å²) in [6.45, 7) is 6.19.